The van der Waals surface area contributed by atoms with Gasteiger partial charge in [-0.3, -0.25) is 0 Å². The van der Waals surface area contributed by atoms with Crippen molar-refractivity contribution in [3.05, 3.63) is 28.5 Å². The highest BCUT2D eigenvalue weighted by atomic mass is 32.1. The molecule has 0 aromatic carbocycles. The van der Waals surface area contributed by atoms with E-state index >= 15 is 0 Å². The Labute approximate surface area is 53.5 Å². The maximum atomic E-state index is 5.25. The Bertz CT molecular complexity index is 186. The second-order valence-electron chi connectivity index (χ2n) is 1.62. The Balaban J connectivity index is 3.00. The molecule has 0 aliphatic carbocycles. The SMILES string of the molecule is [CH]=Cc1ccc(C)s1. The second kappa shape index (κ2) is 2.14. The van der Waals surface area contributed by atoms with Gasteiger partial charge in [-0.1, -0.05) is 6.58 Å². The Morgan fingerprint density at radius 1 is 1.62 bits per heavy atom. The Morgan fingerprint density at radius 2 is 2.38 bits per heavy atom. The van der Waals surface area contributed by atoms with Crippen LogP contribution >= 0.6 is 11.3 Å². The Kier molecular flexibility index (Phi) is 1.49. The quantitative estimate of drug-likeness (QED) is 0.538. The maximum Gasteiger partial charge on any atom is 0.0273 e. The van der Waals surface area contributed by atoms with Crippen molar-refractivity contribution < 1.29 is 0 Å². The van der Waals surface area contributed by atoms with Crippen LogP contribution in [0.5, 0.6) is 0 Å². The first-order chi connectivity index (χ1) is 3.83. The molecule has 0 N–H and O–H groups in total. The molecule has 1 rings (SSSR count). The summed E-state index contributed by atoms with van der Waals surface area (Å²) < 4.78 is 0. The lowest BCUT2D eigenvalue weighted by Crippen LogP contribution is -1.46. The van der Waals surface area contributed by atoms with Gasteiger partial charge in [-0.05, 0) is 25.1 Å². The molecule has 0 unspecified atom stereocenters. The van der Waals surface area contributed by atoms with E-state index in [2.05, 4.69) is 13.0 Å². The summed E-state index contributed by atoms with van der Waals surface area (Å²) in [6, 6.07) is 4.07. The molecule has 0 saturated heterocycles. The predicted molar refractivity (Wildman–Crippen MR) is 37.8 cm³/mol. The fourth-order valence-corrected chi connectivity index (χ4v) is 1.25. The molecule has 1 heterocycles. The van der Waals surface area contributed by atoms with Crippen LogP contribution in [0.25, 0.3) is 6.08 Å². The van der Waals surface area contributed by atoms with Crippen molar-refractivity contribution in [1.82, 2.24) is 0 Å². The van der Waals surface area contributed by atoms with Crippen molar-refractivity contribution in [1.29, 1.82) is 0 Å². The average Bonchev–Trinajstić information content (AvgIpc) is 2.14. The van der Waals surface area contributed by atoms with Gasteiger partial charge in [-0.25, -0.2) is 0 Å². The topological polar surface area (TPSA) is 0 Å². The Hall–Kier alpha value is -0.560. The van der Waals surface area contributed by atoms with Crippen LogP contribution in [0.4, 0.5) is 0 Å². The maximum absolute atomic E-state index is 5.25. The van der Waals surface area contributed by atoms with Gasteiger partial charge in [-0.15, -0.1) is 11.3 Å². The standard InChI is InChI=1S/C7H7S/c1-3-7-5-4-6(2)8-7/h1,3-5H,2H3. The largest absolute Gasteiger partial charge is 0.141 e. The summed E-state index contributed by atoms with van der Waals surface area (Å²) in [6.45, 7) is 7.32. The molecule has 0 fully saturated rings. The molecule has 1 radical (unpaired) electrons. The molecule has 41 valence electrons. The minimum atomic E-state index is 1.14. The summed E-state index contributed by atoms with van der Waals surface area (Å²) >= 11 is 1.71. The molecule has 0 aliphatic rings. The summed E-state index contributed by atoms with van der Waals surface area (Å²) in [4.78, 5) is 2.45. The van der Waals surface area contributed by atoms with E-state index in [1.54, 1.807) is 17.4 Å². The molecule has 0 atom stereocenters. The number of hydrogen-bond donors (Lipinski definition) is 0. The molecule has 0 amide bonds. The number of rotatable bonds is 1. The van der Waals surface area contributed by atoms with Crippen molar-refractivity contribution in [2.75, 3.05) is 0 Å². The first-order valence-electron chi connectivity index (χ1n) is 2.44. The molecule has 1 heteroatoms. The summed E-state index contributed by atoms with van der Waals surface area (Å²) in [7, 11) is 0. The fraction of sp³-hybridized carbons (Fsp3) is 0.143. The van der Waals surface area contributed by atoms with Crippen molar-refractivity contribution in [3.63, 3.8) is 0 Å². The first-order valence-corrected chi connectivity index (χ1v) is 3.26. The van der Waals surface area contributed by atoms with E-state index in [0.29, 0.717) is 0 Å². The van der Waals surface area contributed by atoms with Crippen LogP contribution in [0.3, 0.4) is 0 Å². The number of thiophene rings is 1. The highest BCUT2D eigenvalue weighted by molar-refractivity contribution is 7.12. The molecule has 8 heavy (non-hydrogen) atoms. The van der Waals surface area contributed by atoms with Crippen LogP contribution < -0.4 is 0 Å². The molecule has 0 saturated carbocycles. The smallest absolute Gasteiger partial charge is 0.0273 e. The van der Waals surface area contributed by atoms with Gasteiger partial charge in [0.05, 0.1) is 0 Å². The van der Waals surface area contributed by atoms with Crippen LogP contribution in [0.15, 0.2) is 12.1 Å². The van der Waals surface area contributed by atoms with E-state index in [9.17, 15) is 0 Å². The van der Waals surface area contributed by atoms with Crippen LogP contribution in [-0.4, -0.2) is 0 Å². The minimum Gasteiger partial charge on any atom is -0.141 e. The van der Waals surface area contributed by atoms with Crippen LogP contribution in [-0.2, 0) is 0 Å². The lowest BCUT2D eigenvalue weighted by Gasteiger charge is -1.74. The minimum absolute atomic E-state index is 1.14. The zero-order chi connectivity index (χ0) is 5.98. The molecule has 0 nitrogen and oxygen atoms in total. The van der Waals surface area contributed by atoms with Gasteiger partial charge >= 0.3 is 0 Å². The highest BCUT2D eigenvalue weighted by Gasteiger charge is 1.87. The highest BCUT2D eigenvalue weighted by Crippen LogP contribution is 2.14. The zero-order valence-electron chi connectivity index (χ0n) is 4.72. The molecule has 1 aromatic rings. The van der Waals surface area contributed by atoms with Crippen molar-refractivity contribution in [2.45, 2.75) is 6.92 Å². The van der Waals surface area contributed by atoms with E-state index < -0.39 is 0 Å². The summed E-state index contributed by atoms with van der Waals surface area (Å²) in [5, 5.41) is 0. The molecule has 0 bridgehead atoms. The molecular formula is C7H7S. The number of aryl methyl sites for hydroxylation is 1. The van der Waals surface area contributed by atoms with Gasteiger partial charge in [0, 0.05) is 9.75 Å². The van der Waals surface area contributed by atoms with Gasteiger partial charge in [0.2, 0.25) is 0 Å². The third kappa shape index (κ3) is 0.984. The average molecular weight is 123 g/mol. The monoisotopic (exact) mass is 123 g/mol. The van der Waals surface area contributed by atoms with Crippen molar-refractivity contribution >= 4 is 17.4 Å². The third-order valence-corrected chi connectivity index (χ3v) is 1.89. The fourth-order valence-electron chi connectivity index (χ4n) is 0.543. The Morgan fingerprint density at radius 3 is 2.62 bits per heavy atom. The summed E-state index contributed by atoms with van der Waals surface area (Å²) in [5.74, 6) is 0. The normalized spacial score (nSPS) is 9.12. The number of hydrogen-bond acceptors (Lipinski definition) is 1. The molecule has 0 aliphatic heterocycles. The molecular weight excluding hydrogens is 116 g/mol. The van der Waals surface area contributed by atoms with Gasteiger partial charge in [0.15, 0.2) is 0 Å². The van der Waals surface area contributed by atoms with E-state index in [0.717, 1.165) is 4.88 Å². The second-order valence-corrected chi connectivity index (χ2v) is 2.93. The van der Waals surface area contributed by atoms with Crippen molar-refractivity contribution in [3.8, 4) is 0 Å². The zero-order valence-corrected chi connectivity index (χ0v) is 5.53. The van der Waals surface area contributed by atoms with Gasteiger partial charge in [0.1, 0.15) is 0 Å². The lowest BCUT2D eigenvalue weighted by molar-refractivity contribution is 1.64. The third-order valence-electron chi connectivity index (χ3n) is 0.925. The van der Waals surface area contributed by atoms with Crippen molar-refractivity contribution in [2.24, 2.45) is 0 Å². The molecule has 0 spiro atoms. The van der Waals surface area contributed by atoms with Crippen LogP contribution in [0.1, 0.15) is 9.75 Å². The van der Waals surface area contributed by atoms with E-state index in [1.807, 2.05) is 6.07 Å². The van der Waals surface area contributed by atoms with E-state index in [4.69, 9.17) is 6.58 Å². The van der Waals surface area contributed by atoms with Crippen LogP contribution in [0.2, 0.25) is 0 Å². The summed E-state index contributed by atoms with van der Waals surface area (Å²) in [6.07, 6.45) is 1.62. The van der Waals surface area contributed by atoms with E-state index in [-0.39, 0.29) is 0 Å². The summed E-state index contributed by atoms with van der Waals surface area (Å²) in [5.41, 5.74) is 0. The van der Waals surface area contributed by atoms with E-state index in [1.165, 1.54) is 4.88 Å². The van der Waals surface area contributed by atoms with Gasteiger partial charge < -0.3 is 0 Å². The van der Waals surface area contributed by atoms with Crippen LogP contribution in [0, 0.1) is 13.5 Å². The van der Waals surface area contributed by atoms with Gasteiger partial charge in [-0.2, -0.15) is 0 Å². The van der Waals surface area contributed by atoms with Gasteiger partial charge in [0.25, 0.3) is 0 Å². The first kappa shape index (κ1) is 5.57. The molecule has 1 aromatic heterocycles. The predicted octanol–water partition coefficient (Wildman–Crippen LogP) is 2.50. The lowest BCUT2D eigenvalue weighted by atomic mass is 10.4.